The summed E-state index contributed by atoms with van der Waals surface area (Å²) in [6.45, 7) is 1.14. The van der Waals surface area contributed by atoms with Gasteiger partial charge in [0.05, 0.1) is 15.5 Å². The lowest BCUT2D eigenvalue weighted by molar-refractivity contribution is 0.171. The highest BCUT2D eigenvalue weighted by Gasteiger charge is 2.30. The number of hydrogen-bond acceptors (Lipinski definition) is 9. The zero-order valence-electron chi connectivity index (χ0n) is 18.7. The lowest BCUT2D eigenvalue weighted by atomic mass is 10.2. The molecular weight excluding hydrogens is 508 g/mol. The zero-order valence-corrected chi connectivity index (χ0v) is 20.3. The number of nitrogens with zero attached hydrogens (tertiary/aromatic N) is 1. The zero-order chi connectivity index (χ0) is 24.7. The predicted molar refractivity (Wildman–Crippen MR) is 130 cm³/mol. The molecule has 4 aromatic rings. The molecule has 36 heavy (non-hydrogen) atoms. The molecule has 184 valence electrons. The van der Waals surface area contributed by atoms with E-state index in [0.717, 1.165) is 5.56 Å². The molecule has 0 fully saturated rings. The second kappa shape index (κ2) is 8.96. The van der Waals surface area contributed by atoms with E-state index >= 15 is 0 Å². The highest BCUT2D eigenvalue weighted by molar-refractivity contribution is 7.91. The predicted octanol–water partition coefficient (Wildman–Crippen LogP) is 4.94. The van der Waals surface area contributed by atoms with Gasteiger partial charge in [-0.2, -0.15) is 4.98 Å². The maximum Gasteiger partial charge on any atom is 0.234 e. The van der Waals surface area contributed by atoms with Crippen molar-refractivity contribution in [2.75, 3.05) is 25.3 Å². The number of ether oxygens (including phenoxy) is 4. The average Bonchev–Trinajstić information content (AvgIpc) is 3.54. The van der Waals surface area contributed by atoms with E-state index in [2.05, 4.69) is 10.3 Å². The molecule has 0 saturated carbocycles. The monoisotopic (exact) mass is 526 g/mol. The Balaban J connectivity index is 1.39. The number of fused-ring (bicyclic) bond motifs is 2. The highest BCUT2D eigenvalue weighted by atomic mass is 35.5. The smallest absolute Gasteiger partial charge is 0.234 e. The van der Waals surface area contributed by atoms with Gasteiger partial charge in [0.1, 0.15) is 13.2 Å². The average molecular weight is 527 g/mol. The first-order valence-electron chi connectivity index (χ1n) is 11.0. The van der Waals surface area contributed by atoms with Crippen LogP contribution in [-0.4, -0.2) is 33.4 Å². The van der Waals surface area contributed by atoms with Crippen LogP contribution in [0.25, 0.3) is 11.5 Å². The fourth-order valence-corrected chi connectivity index (χ4v) is 5.40. The van der Waals surface area contributed by atoms with Gasteiger partial charge in [-0.15, -0.1) is 0 Å². The molecule has 3 aromatic carbocycles. The normalized spacial score (nSPS) is 14.0. The van der Waals surface area contributed by atoms with Crippen molar-refractivity contribution in [1.82, 2.24) is 4.98 Å². The number of hydrogen-bond donors (Lipinski definition) is 1. The molecule has 3 heterocycles. The van der Waals surface area contributed by atoms with Crippen molar-refractivity contribution in [3.8, 4) is 34.5 Å². The summed E-state index contributed by atoms with van der Waals surface area (Å²) in [6, 6.07) is 16.8. The fraction of sp³-hybridized carbons (Fsp3) is 0.160. The first kappa shape index (κ1) is 22.6. The number of aromatic nitrogens is 1. The van der Waals surface area contributed by atoms with Crippen LogP contribution in [0, 0.1) is 0 Å². The van der Waals surface area contributed by atoms with Crippen LogP contribution in [0.3, 0.4) is 0 Å². The van der Waals surface area contributed by atoms with E-state index in [1.807, 2.05) is 12.1 Å². The van der Waals surface area contributed by atoms with Crippen LogP contribution < -0.4 is 24.3 Å². The Morgan fingerprint density at radius 2 is 1.58 bits per heavy atom. The Hall–Kier alpha value is -3.89. The molecule has 0 spiro atoms. The van der Waals surface area contributed by atoms with Crippen molar-refractivity contribution < 1.29 is 31.8 Å². The van der Waals surface area contributed by atoms with E-state index in [1.54, 1.807) is 36.4 Å². The maximum absolute atomic E-state index is 13.7. The van der Waals surface area contributed by atoms with Crippen LogP contribution in [0.1, 0.15) is 5.56 Å². The minimum absolute atomic E-state index is 0.00288. The Kier molecular flexibility index (Phi) is 5.62. The van der Waals surface area contributed by atoms with Crippen LogP contribution in [0.15, 0.2) is 75.0 Å². The Labute approximate surface area is 211 Å². The van der Waals surface area contributed by atoms with Crippen molar-refractivity contribution in [2.45, 2.75) is 16.5 Å². The number of anilines is 1. The van der Waals surface area contributed by atoms with E-state index in [1.165, 1.54) is 12.1 Å². The molecule has 0 bridgehead atoms. The quantitative estimate of drug-likeness (QED) is 0.373. The second-order valence-corrected chi connectivity index (χ2v) is 10.3. The van der Waals surface area contributed by atoms with Gasteiger partial charge in [-0.05, 0) is 42.0 Å². The van der Waals surface area contributed by atoms with Gasteiger partial charge in [0, 0.05) is 12.6 Å². The molecule has 0 amide bonds. The van der Waals surface area contributed by atoms with Crippen LogP contribution in [0.2, 0.25) is 5.02 Å². The molecule has 9 nitrogen and oxygen atoms in total. The second-order valence-electron chi connectivity index (χ2n) is 7.98. The van der Waals surface area contributed by atoms with Gasteiger partial charge in [-0.25, -0.2) is 8.42 Å². The van der Waals surface area contributed by atoms with Crippen LogP contribution in [-0.2, 0) is 16.4 Å². The standard InChI is InChI=1S/C25H19ClN2O7S/c26-18-4-2-1-3-17(18)23-28-25(36(29,30)16-6-8-19-22(12-16)32-10-9-31-19)24(35-23)27-13-15-5-7-20-21(11-15)34-14-33-20/h1-8,11-12,27H,9-10,13-14H2. The largest absolute Gasteiger partial charge is 0.486 e. The summed E-state index contributed by atoms with van der Waals surface area (Å²) in [7, 11) is -4.11. The molecule has 2 aliphatic heterocycles. The van der Waals surface area contributed by atoms with Crippen LogP contribution in [0.4, 0.5) is 5.88 Å². The lowest BCUT2D eigenvalue weighted by Crippen LogP contribution is -2.16. The molecule has 1 N–H and O–H groups in total. The van der Waals surface area contributed by atoms with Crippen molar-refractivity contribution in [3.63, 3.8) is 0 Å². The van der Waals surface area contributed by atoms with Gasteiger partial charge in [0.15, 0.2) is 23.0 Å². The third kappa shape index (κ3) is 4.08. The number of sulfone groups is 1. The topological polar surface area (TPSA) is 109 Å². The number of benzene rings is 3. The lowest BCUT2D eigenvalue weighted by Gasteiger charge is -2.18. The molecule has 11 heteroatoms. The van der Waals surface area contributed by atoms with Crippen molar-refractivity contribution in [3.05, 3.63) is 71.2 Å². The molecular formula is C25H19ClN2O7S. The molecule has 0 radical (unpaired) electrons. The van der Waals surface area contributed by atoms with Crippen LogP contribution >= 0.6 is 11.6 Å². The fourth-order valence-electron chi connectivity index (χ4n) is 3.89. The van der Waals surface area contributed by atoms with Gasteiger partial charge in [0.25, 0.3) is 0 Å². The molecule has 6 rings (SSSR count). The van der Waals surface area contributed by atoms with Gasteiger partial charge >= 0.3 is 0 Å². The summed E-state index contributed by atoms with van der Waals surface area (Å²) in [5, 5.41) is 3.18. The van der Waals surface area contributed by atoms with Gasteiger partial charge in [-0.1, -0.05) is 29.8 Å². The van der Waals surface area contributed by atoms with Crippen molar-refractivity contribution >= 4 is 27.3 Å². The number of rotatable bonds is 6. The number of halogens is 1. The van der Waals surface area contributed by atoms with E-state index in [0.29, 0.717) is 46.8 Å². The Bertz CT molecular complexity index is 1570. The summed E-state index contributed by atoms with van der Waals surface area (Å²) in [5.74, 6) is 2.17. The van der Waals surface area contributed by atoms with E-state index < -0.39 is 9.84 Å². The van der Waals surface area contributed by atoms with Crippen molar-refractivity contribution in [2.24, 2.45) is 0 Å². The first-order chi connectivity index (χ1) is 17.5. The minimum Gasteiger partial charge on any atom is -0.486 e. The number of oxazole rings is 1. The van der Waals surface area contributed by atoms with Crippen molar-refractivity contribution in [1.29, 1.82) is 0 Å². The molecule has 0 aliphatic carbocycles. The molecule has 2 aliphatic rings. The van der Waals surface area contributed by atoms with E-state index in [-0.39, 0.29) is 35.0 Å². The Morgan fingerprint density at radius 1 is 0.861 bits per heavy atom. The minimum atomic E-state index is -4.11. The highest BCUT2D eigenvalue weighted by Crippen LogP contribution is 2.39. The summed E-state index contributed by atoms with van der Waals surface area (Å²) in [4.78, 5) is 4.35. The molecule has 1 aromatic heterocycles. The third-order valence-corrected chi connectivity index (χ3v) is 7.66. The molecule has 0 saturated heterocycles. The third-order valence-electron chi connectivity index (χ3n) is 5.67. The summed E-state index contributed by atoms with van der Waals surface area (Å²) in [6.07, 6.45) is 0. The van der Waals surface area contributed by atoms with Crippen LogP contribution in [0.5, 0.6) is 23.0 Å². The summed E-state index contributed by atoms with van der Waals surface area (Å²) in [5.41, 5.74) is 1.30. The van der Waals surface area contributed by atoms with E-state index in [4.69, 9.17) is 35.0 Å². The van der Waals surface area contributed by atoms with E-state index in [9.17, 15) is 8.42 Å². The summed E-state index contributed by atoms with van der Waals surface area (Å²) < 4.78 is 55.2. The maximum atomic E-state index is 13.7. The van der Waals surface area contributed by atoms with Gasteiger partial charge in [0.2, 0.25) is 33.4 Å². The first-order valence-corrected chi connectivity index (χ1v) is 12.9. The summed E-state index contributed by atoms with van der Waals surface area (Å²) >= 11 is 6.33. The SMILES string of the molecule is O=S(=O)(c1ccc2c(c1)OCCO2)c1nc(-c2ccccc2Cl)oc1NCc1ccc2c(c1)OCO2. The number of nitrogens with one attached hydrogen (secondary N) is 1. The van der Waals surface area contributed by atoms with Gasteiger partial charge < -0.3 is 28.7 Å². The Morgan fingerprint density at radius 3 is 2.44 bits per heavy atom. The molecule has 0 unspecified atom stereocenters. The van der Waals surface area contributed by atoms with Gasteiger partial charge in [-0.3, -0.25) is 0 Å². The molecule has 0 atom stereocenters.